The van der Waals surface area contributed by atoms with Gasteiger partial charge in [-0.15, -0.1) is 0 Å². The fourth-order valence-corrected chi connectivity index (χ4v) is 2.77. The molecule has 0 spiro atoms. The zero-order chi connectivity index (χ0) is 19.8. The third-order valence-corrected chi connectivity index (χ3v) is 4.77. The van der Waals surface area contributed by atoms with E-state index >= 15 is 0 Å². The van der Waals surface area contributed by atoms with E-state index in [0.717, 1.165) is 23.4 Å². The van der Waals surface area contributed by atoms with Gasteiger partial charge in [-0.05, 0) is 26.3 Å². The molecule has 0 radical (unpaired) electrons. The molecule has 3 rings (SSSR count). The van der Waals surface area contributed by atoms with E-state index in [9.17, 15) is 4.79 Å². The van der Waals surface area contributed by atoms with Gasteiger partial charge in [-0.25, -0.2) is 9.50 Å². The summed E-state index contributed by atoms with van der Waals surface area (Å²) in [7, 11) is 0. The lowest BCUT2D eigenvalue weighted by molar-refractivity contribution is 0.0931. The molecule has 1 unspecified atom stereocenters. The zero-order valence-electron chi connectivity index (χ0n) is 17.0. The molecule has 1 aromatic carbocycles. The Labute approximate surface area is 160 Å². The Morgan fingerprint density at radius 1 is 1.19 bits per heavy atom. The second kappa shape index (κ2) is 7.14. The van der Waals surface area contributed by atoms with Crippen LogP contribution in [0.3, 0.4) is 0 Å². The van der Waals surface area contributed by atoms with Crippen LogP contribution >= 0.6 is 0 Å². The number of nitrogens with one attached hydrogen (secondary N) is 1. The summed E-state index contributed by atoms with van der Waals surface area (Å²) in [4.78, 5) is 17.7. The monoisotopic (exact) mass is 364 g/mol. The third-order valence-electron chi connectivity index (χ3n) is 4.77. The van der Waals surface area contributed by atoms with Gasteiger partial charge in [0.2, 0.25) is 0 Å². The van der Waals surface area contributed by atoms with Gasteiger partial charge < -0.3 is 5.32 Å². The van der Waals surface area contributed by atoms with Gasteiger partial charge in [0.1, 0.15) is 5.69 Å². The number of rotatable bonds is 4. The van der Waals surface area contributed by atoms with Crippen LogP contribution in [0.15, 0.2) is 36.4 Å². The second-order valence-electron chi connectivity index (χ2n) is 8.22. The lowest BCUT2D eigenvalue weighted by Crippen LogP contribution is -2.33. The molecule has 2 aromatic heterocycles. The molecule has 27 heavy (non-hydrogen) atoms. The summed E-state index contributed by atoms with van der Waals surface area (Å²) in [5.74, 6) is -0.131. The molecule has 0 saturated heterocycles. The third kappa shape index (κ3) is 4.02. The molecule has 2 heterocycles. The van der Waals surface area contributed by atoms with Crippen molar-refractivity contribution in [2.75, 3.05) is 0 Å². The molecule has 0 bridgehead atoms. The van der Waals surface area contributed by atoms with Gasteiger partial charge in [-0.1, -0.05) is 57.5 Å². The lowest BCUT2D eigenvalue weighted by atomic mass is 9.93. The standard InChI is InChI=1S/C22H28N4O/c1-7-15(3)23-21(27)18-12-17(16-10-8-14(2)9-11-16)24-20-13-19(22(4,5)6)25-26(18)20/h8-13,15H,7H2,1-6H3,(H,23,27). The van der Waals surface area contributed by atoms with Crippen molar-refractivity contribution in [3.8, 4) is 11.3 Å². The Balaban J connectivity index is 2.18. The van der Waals surface area contributed by atoms with Crippen LogP contribution in [-0.2, 0) is 5.41 Å². The fourth-order valence-electron chi connectivity index (χ4n) is 2.77. The van der Waals surface area contributed by atoms with E-state index in [-0.39, 0.29) is 17.4 Å². The number of fused-ring (bicyclic) bond motifs is 1. The SMILES string of the molecule is CCC(C)NC(=O)c1cc(-c2ccc(C)cc2)nc2cc(C(C)(C)C)nn12. The highest BCUT2D eigenvalue weighted by Gasteiger charge is 2.22. The smallest absolute Gasteiger partial charge is 0.270 e. The van der Waals surface area contributed by atoms with Crippen LogP contribution in [0.4, 0.5) is 0 Å². The number of aryl methyl sites for hydroxylation is 1. The van der Waals surface area contributed by atoms with E-state index in [1.54, 1.807) is 4.52 Å². The molecule has 0 aliphatic heterocycles. The van der Waals surface area contributed by atoms with Crippen LogP contribution in [0.1, 0.15) is 62.8 Å². The predicted molar refractivity (Wildman–Crippen MR) is 109 cm³/mol. The van der Waals surface area contributed by atoms with Gasteiger partial charge in [0, 0.05) is 23.1 Å². The van der Waals surface area contributed by atoms with Crippen molar-refractivity contribution in [1.82, 2.24) is 19.9 Å². The molecule has 0 fully saturated rings. The van der Waals surface area contributed by atoms with Crippen molar-refractivity contribution in [3.05, 3.63) is 53.3 Å². The van der Waals surface area contributed by atoms with Gasteiger partial charge in [0.05, 0.1) is 11.4 Å². The van der Waals surface area contributed by atoms with Gasteiger partial charge in [0.15, 0.2) is 5.65 Å². The van der Waals surface area contributed by atoms with Crippen LogP contribution in [0.5, 0.6) is 0 Å². The molecule has 142 valence electrons. The zero-order valence-corrected chi connectivity index (χ0v) is 17.0. The maximum absolute atomic E-state index is 12.9. The largest absolute Gasteiger partial charge is 0.348 e. The Bertz CT molecular complexity index is 964. The Morgan fingerprint density at radius 3 is 2.44 bits per heavy atom. The summed E-state index contributed by atoms with van der Waals surface area (Å²) in [6.07, 6.45) is 0.872. The van der Waals surface area contributed by atoms with Crippen molar-refractivity contribution < 1.29 is 4.79 Å². The summed E-state index contributed by atoms with van der Waals surface area (Å²) in [5.41, 5.74) is 4.93. The highest BCUT2D eigenvalue weighted by molar-refractivity contribution is 5.94. The molecule has 1 amide bonds. The van der Waals surface area contributed by atoms with Crippen molar-refractivity contribution in [2.24, 2.45) is 0 Å². The second-order valence-corrected chi connectivity index (χ2v) is 8.22. The normalized spacial score (nSPS) is 13.0. The summed E-state index contributed by atoms with van der Waals surface area (Å²) in [6.45, 7) is 12.4. The van der Waals surface area contributed by atoms with Gasteiger partial charge >= 0.3 is 0 Å². The minimum Gasteiger partial charge on any atom is -0.348 e. The molecule has 5 heteroatoms. The summed E-state index contributed by atoms with van der Waals surface area (Å²) < 4.78 is 1.66. The van der Waals surface area contributed by atoms with Crippen molar-refractivity contribution >= 4 is 11.6 Å². The number of hydrogen-bond donors (Lipinski definition) is 1. The fraction of sp³-hybridized carbons (Fsp3) is 0.409. The number of nitrogens with zero attached hydrogens (tertiary/aromatic N) is 3. The molecule has 0 aliphatic rings. The molecule has 1 atom stereocenters. The maximum Gasteiger partial charge on any atom is 0.270 e. The van der Waals surface area contributed by atoms with Crippen LogP contribution in [0, 0.1) is 6.92 Å². The highest BCUT2D eigenvalue weighted by atomic mass is 16.2. The lowest BCUT2D eigenvalue weighted by Gasteiger charge is -2.14. The first-order chi connectivity index (χ1) is 12.7. The highest BCUT2D eigenvalue weighted by Crippen LogP contribution is 2.25. The van der Waals surface area contributed by atoms with E-state index in [1.165, 1.54) is 5.56 Å². The maximum atomic E-state index is 12.9. The van der Waals surface area contributed by atoms with Crippen LogP contribution in [0.2, 0.25) is 0 Å². The van der Waals surface area contributed by atoms with Crippen molar-refractivity contribution in [2.45, 2.75) is 59.4 Å². The van der Waals surface area contributed by atoms with E-state index in [1.807, 2.05) is 31.2 Å². The van der Waals surface area contributed by atoms with E-state index in [2.05, 4.69) is 57.2 Å². The van der Waals surface area contributed by atoms with E-state index in [0.29, 0.717) is 11.3 Å². The number of carbonyl (C=O) groups excluding carboxylic acids is 1. The molecule has 5 nitrogen and oxygen atoms in total. The predicted octanol–water partition coefficient (Wildman–Crippen LogP) is 4.53. The summed E-state index contributed by atoms with van der Waals surface area (Å²) >= 11 is 0. The average molecular weight is 364 g/mol. The van der Waals surface area contributed by atoms with Crippen LogP contribution in [-0.4, -0.2) is 26.5 Å². The molecule has 0 saturated carbocycles. The first kappa shape index (κ1) is 19.1. The Hall–Kier alpha value is -2.69. The quantitative estimate of drug-likeness (QED) is 0.740. The summed E-state index contributed by atoms with van der Waals surface area (Å²) in [6, 6.07) is 12.1. The first-order valence-electron chi connectivity index (χ1n) is 9.48. The van der Waals surface area contributed by atoms with Crippen molar-refractivity contribution in [3.63, 3.8) is 0 Å². The number of benzene rings is 1. The van der Waals surface area contributed by atoms with Gasteiger partial charge in [0.25, 0.3) is 5.91 Å². The van der Waals surface area contributed by atoms with Gasteiger partial charge in [-0.2, -0.15) is 5.10 Å². The topological polar surface area (TPSA) is 59.3 Å². The minimum atomic E-state index is -0.131. The van der Waals surface area contributed by atoms with E-state index in [4.69, 9.17) is 4.98 Å². The van der Waals surface area contributed by atoms with E-state index < -0.39 is 0 Å². The number of amides is 1. The van der Waals surface area contributed by atoms with Crippen molar-refractivity contribution in [1.29, 1.82) is 0 Å². The average Bonchev–Trinajstić information content (AvgIpc) is 3.05. The number of carbonyl (C=O) groups is 1. The number of aromatic nitrogens is 3. The molecule has 1 N–H and O–H groups in total. The number of hydrogen-bond acceptors (Lipinski definition) is 3. The van der Waals surface area contributed by atoms with Crippen LogP contribution < -0.4 is 5.32 Å². The molecular formula is C22H28N4O. The molecule has 3 aromatic rings. The van der Waals surface area contributed by atoms with Gasteiger partial charge in [-0.3, -0.25) is 4.79 Å². The summed E-state index contributed by atoms with van der Waals surface area (Å²) in [5, 5.41) is 7.73. The first-order valence-corrected chi connectivity index (χ1v) is 9.48. The molecular weight excluding hydrogens is 336 g/mol. The Kier molecular flexibility index (Phi) is 5.05. The van der Waals surface area contributed by atoms with Crippen LogP contribution in [0.25, 0.3) is 16.9 Å². The minimum absolute atomic E-state index is 0.0983. The molecule has 0 aliphatic carbocycles. The Morgan fingerprint density at radius 2 is 1.85 bits per heavy atom.